The summed E-state index contributed by atoms with van der Waals surface area (Å²) in [4.78, 5) is 48.9. The Bertz CT molecular complexity index is 768. The monoisotopic (exact) mass is 365 g/mol. The van der Waals surface area contributed by atoms with Gasteiger partial charge in [-0.15, -0.1) is 0 Å². The zero-order valence-electron chi connectivity index (χ0n) is 13.2. The Balaban J connectivity index is 2.07. The molecule has 0 saturated carbocycles. The van der Waals surface area contributed by atoms with E-state index < -0.39 is 41.3 Å². The first-order valence-corrected chi connectivity index (χ1v) is 8.20. The first-order chi connectivity index (χ1) is 11.9. The highest BCUT2D eigenvalue weighted by Gasteiger charge is 2.54. The predicted molar refractivity (Wildman–Crippen MR) is 86.7 cm³/mol. The molecule has 1 aliphatic heterocycles. The van der Waals surface area contributed by atoms with Gasteiger partial charge in [-0.25, -0.2) is 0 Å². The number of carboxylic acids is 1. The van der Waals surface area contributed by atoms with E-state index in [1.807, 2.05) is 0 Å². The van der Waals surface area contributed by atoms with Gasteiger partial charge in [0.15, 0.2) is 17.5 Å². The molecule has 0 aromatic heterocycles. The second-order valence-electron chi connectivity index (χ2n) is 6.20. The number of carbonyl (C=O) groups excluding carboxylic acids is 3. The number of nitrogens with one attached hydrogen (secondary N) is 1. The minimum absolute atomic E-state index is 0.0798. The molecular formula is C17H16ClNO6. The van der Waals surface area contributed by atoms with E-state index in [0.717, 1.165) is 0 Å². The van der Waals surface area contributed by atoms with Crippen LogP contribution in [0.3, 0.4) is 0 Å². The van der Waals surface area contributed by atoms with Crippen molar-refractivity contribution in [2.75, 3.05) is 19.8 Å². The second-order valence-corrected chi connectivity index (χ2v) is 6.64. The molecule has 2 atom stereocenters. The summed E-state index contributed by atoms with van der Waals surface area (Å²) in [5, 5.41) is 11.2. The number of hydrogen-bond acceptors (Lipinski definition) is 5. The first kappa shape index (κ1) is 17.6. The summed E-state index contributed by atoms with van der Waals surface area (Å²) < 4.78 is 5.49. The Labute approximate surface area is 148 Å². The minimum atomic E-state index is -1.59. The van der Waals surface area contributed by atoms with Gasteiger partial charge in [0, 0.05) is 17.2 Å². The molecule has 0 bridgehead atoms. The molecule has 1 aliphatic carbocycles. The number of Topliss-reactive ketones (excluding diaryl/α,β-unsaturated/α-hetero) is 2. The fourth-order valence-corrected chi connectivity index (χ4v) is 3.70. The van der Waals surface area contributed by atoms with Crippen molar-refractivity contribution in [2.24, 2.45) is 5.92 Å². The molecule has 25 heavy (non-hydrogen) atoms. The maximum atomic E-state index is 13.1. The van der Waals surface area contributed by atoms with E-state index in [2.05, 4.69) is 5.32 Å². The van der Waals surface area contributed by atoms with Crippen molar-refractivity contribution in [1.82, 2.24) is 5.32 Å². The van der Waals surface area contributed by atoms with E-state index in [0.29, 0.717) is 30.0 Å². The van der Waals surface area contributed by atoms with Crippen LogP contribution < -0.4 is 5.32 Å². The molecule has 1 fully saturated rings. The number of rotatable bonds is 3. The number of ketones is 2. The molecule has 7 nitrogen and oxygen atoms in total. The SMILES string of the molecule is O=C(O)CNC(=O)C1C(=O)c2cc(Cl)ccc2C2(CCCOC2)C1=O. The Morgan fingerprint density at radius 3 is 2.76 bits per heavy atom. The molecule has 2 unspecified atom stereocenters. The molecule has 1 aromatic rings. The van der Waals surface area contributed by atoms with Crippen molar-refractivity contribution in [3.05, 3.63) is 34.3 Å². The molecule has 3 rings (SSSR count). The topological polar surface area (TPSA) is 110 Å². The largest absolute Gasteiger partial charge is 0.480 e. The number of amides is 1. The number of ether oxygens (including phenoxy) is 1. The Hall–Kier alpha value is -2.25. The zero-order chi connectivity index (χ0) is 18.2. The van der Waals surface area contributed by atoms with Crippen molar-refractivity contribution in [3.8, 4) is 0 Å². The van der Waals surface area contributed by atoms with Gasteiger partial charge in [0.2, 0.25) is 5.91 Å². The third-order valence-electron chi connectivity index (χ3n) is 4.68. The molecule has 0 radical (unpaired) electrons. The van der Waals surface area contributed by atoms with Crippen LogP contribution in [-0.4, -0.2) is 48.3 Å². The summed E-state index contributed by atoms with van der Waals surface area (Å²) in [6.45, 7) is -0.0833. The second kappa shape index (κ2) is 6.57. The van der Waals surface area contributed by atoms with Crippen LogP contribution in [0.15, 0.2) is 18.2 Å². The molecule has 1 spiro atoms. The maximum Gasteiger partial charge on any atom is 0.322 e. The molecule has 1 aromatic carbocycles. The summed E-state index contributed by atoms with van der Waals surface area (Å²) in [6, 6.07) is 4.68. The van der Waals surface area contributed by atoms with E-state index in [1.165, 1.54) is 6.07 Å². The van der Waals surface area contributed by atoms with E-state index in [9.17, 15) is 19.2 Å². The Morgan fingerprint density at radius 2 is 2.12 bits per heavy atom. The first-order valence-electron chi connectivity index (χ1n) is 7.82. The Morgan fingerprint density at radius 1 is 1.36 bits per heavy atom. The summed E-state index contributed by atoms with van der Waals surface area (Å²) in [5.74, 6) is -4.97. The van der Waals surface area contributed by atoms with Crippen LogP contribution in [0.25, 0.3) is 0 Å². The summed E-state index contributed by atoms with van der Waals surface area (Å²) in [5.41, 5.74) is -0.348. The van der Waals surface area contributed by atoms with Gasteiger partial charge in [-0.05, 0) is 30.5 Å². The summed E-state index contributed by atoms with van der Waals surface area (Å²) in [7, 11) is 0. The van der Waals surface area contributed by atoms with Gasteiger partial charge < -0.3 is 15.2 Å². The van der Waals surface area contributed by atoms with Crippen molar-refractivity contribution >= 4 is 35.0 Å². The van der Waals surface area contributed by atoms with Crippen LogP contribution in [0.2, 0.25) is 5.02 Å². The van der Waals surface area contributed by atoms with Crippen LogP contribution in [-0.2, 0) is 24.5 Å². The number of hydrogen-bond donors (Lipinski definition) is 2. The molecule has 1 saturated heterocycles. The number of halogens is 1. The molecule has 2 aliphatic rings. The quantitative estimate of drug-likeness (QED) is 0.772. The third-order valence-corrected chi connectivity index (χ3v) is 4.91. The summed E-state index contributed by atoms with van der Waals surface area (Å²) >= 11 is 5.99. The van der Waals surface area contributed by atoms with Crippen LogP contribution in [0.4, 0.5) is 0 Å². The van der Waals surface area contributed by atoms with E-state index >= 15 is 0 Å². The van der Waals surface area contributed by atoms with E-state index in [4.69, 9.17) is 21.4 Å². The molecular weight excluding hydrogens is 350 g/mol. The lowest BCUT2D eigenvalue weighted by Gasteiger charge is -2.42. The average molecular weight is 366 g/mol. The highest BCUT2D eigenvalue weighted by Crippen LogP contribution is 2.43. The Kier molecular flexibility index (Phi) is 4.62. The van der Waals surface area contributed by atoms with Gasteiger partial charge in [0.1, 0.15) is 6.54 Å². The van der Waals surface area contributed by atoms with Crippen LogP contribution >= 0.6 is 11.6 Å². The average Bonchev–Trinajstić information content (AvgIpc) is 2.59. The number of aliphatic carboxylic acids is 1. The van der Waals surface area contributed by atoms with Crippen molar-refractivity contribution in [2.45, 2.75) is 18.3 Å². The maximum absolute atomic E-state index is 13.1. The smallest absolute Gasteiger partial charge is 0.322 e. The zero-order valence-corrected chi connectivity index (χ0v) is 14.0. The molecule has 1 amide bonds. The van der Waals surface area contributed by atoms with E-state index in [-0.39, 0.29) is 12.2 Å². The fourth-order valence-electron chi connectivity index (χ4n) is 3.53. The standard InChI is InChI=1S/C17H16ClNO6/c18-9-2-3-11-10(6-9)14(22)13(16(24)19-7-12(20)21)15(23)17(11)4-1-5-25-8-17/h2-3,6,13H,1,4-5,7-8H2,(H,19,24)(H,20,21). The van der Waals surface area contributed by atoms with Gasteiger partial charge in [0.05, 0.1) is 12.0 Å². The van der Waals surface area contributed by atoms with Gasteiger partial charge in [-0.3, -0.25) is 19.2 Å². The molecule has 132 valence electrons. The number of fused-ring (bicyclic) bond motifs is 2. The number of benzene rings is 1. The van der Waals surface area contributed by atoms with E-state index in [1.54, 1.807) is 12.1 Å². The lowest BCUT2D eigenvalue weighted by Crippen LogP contribution is -2.56. The van der Waals surface area contributed by atoms with Crippen molar-refractivity contribution < 1.29 is 29.0 Å². The summed E-state index contributed by atoms with van der Waals surface area (Å²) in [6.07, 6.45) is 1.07. The highest BCUT2D eigenvalue weighted by molar-refractivity contribution is 6.33. The predicted octanol–water partition coefficient (Wildman–Crippen LogP) is 0.971. The molecule has 2 N–H and O–H groups in total. The van der Waals surface area contributed by atoms with Crippen molar-refractivity contribution in [3.63, 3.8) is 0 Å². The number of carboxylic acid groups (broad SMARTS) is 1. The van der Waals surface area contributed by atoms with Crippen LogP contribution in [0.1, 0.15) is 28.8 Å². The lowest BCUT2D eigenvalue weighted by molar-refractivity contribution is -0.142. The van der Waals surface area contributed by atoms with Crippen LogP contribution in [0, 0.1) is 5.92 Å². The third kappa shape index (κ3) is 2.94. The number of carbonyl (C=O) groups is 4. The minimum Gasteiger partial charge on any atom is -0.480 e. The van der Waals surface area contributed by atoms with Gasteiger partial charge >= 0.3 is 5.97 Å². The van der Waals surface area contributed by atoms with Gasteiger partial charge in [0.25, 0.3) is 0 Å². The molecule has 1 heterocycles. The van der Waals surface area contributed by atoms with Crippen molar-refractivity contribution in [1.29, 1.82) is 0 Å². The van der Waals surface area contributed by atoms with Crippen LogP contribution in [0.5, 0.6) is 0 Å². The highest BCUT2D eigenvalue weighted by atomic mass is 35.5. The fraction of sp³-hybridized carbons (Fsp3) is 0.412. The normalized spacial score (nSPS) is 25.6. The molecule has 8 heteroatoms. The lowest BCUT2D eigenvalue weighted by atomic mass is 9.62. The van der Waals surface area contributed by atoms with Gasteiger partial charge in [-0.1, -0.05) is 17.7 Å². The van der Waals surface area contributed by atoms with Gasteiger partial charge in [-0.2, -0.15) is 0 Å².